The average molecular weight is 339 g/mol. The predicted octanol–water partition coefficient (Wildman–Crippen LogP) is 2.28. The van der Waals surface area contributed by atoms with Gasteiger partial charge in [0.25, 0.3) is 0 Å². The molecule has 0 aromatic rings. The maximum atomic E-state index is 12.2. The van der Waals surface area contributed by atoms with Crippen molar-refractivity contribution in [1.82, 2.24) is 8.96 Å². The molecule has 5 heteroatoms. The van der Waals surface area contributed by atoms with Crippen LogP contribution in [0.25, 0.3) is 0 Å². The molecule has 0 saturated carbocycles. The van der Waals surface area contributed by atoms with Crippen molar-refractivity contribution in [3.05, 3.63) is 0 Å². The van der Waals surface area contributed by atoms with Gasteiger partial charge in [-0.25, -0.2) is 3.64 Å². The van der Waals surface area contributed by atoms with E-state index >= 15 is 0 Å². The number of carbonyl (C=O) groups is 1. The number of hydrogen-bond donors (Lipinski definition) is 2. The second kappa shape index (κ2) is 5.95. The lowest BCUT2D eigenvalue weighted by Crippen LogP contribution is -2.51. The number of hydrazone groups is 1. The molecule has 0 aliphatic heterocycles. The van der Waals surface area contributed by atoms with Gasteiger partial charge in [-0.3, -0.25) is 10.1 Å². The minimum Gasteiger partial charge on any atom is -0.298 e. The number of rotatable bonds is 4. The molecule has 1 atom stereocenters. The third-order valence-corrected chi connectivity index (χ3v) is 2.16. The summed E-state index contributed by atoms with van der Waals surface area (Å²) in [5, 5.41) is 7.17. The van der Waals surface area contributed by atoms with Crippen LogP contribution >= 0.6 is 22.9 Å². The zero-order valence-electron chi connectivity index (χ0n) is 10.9. The molecule has 1 unspecified atom stereocenters. The third-order valence-electron chi connectivity index (χ3n) is 1.88. The van der Waals surface area contributed by atoms with Crippen molar-refractivity contribution in [2.45, 2.75) is 53.1 Å². The summed E-state index contributed by atoms with van der Waals surface area (Å²) < 4.78 is 2.64. The summed E-state index contributed by atoms with van der Waals surface area (Å²) >= 11 is 1.92. The summed E-state index contributed by atoms with van der Waals surface area (Å²) in [6.07, 6.45) is 1.62. The van der Waals surface area contributed by atoms with Crippen molar-refractivity contribution in [1.29, 1.82) is 0 Å². The highest BCUT2D eigenvalue weighted by atomic mass is 127. The van der Waals surface area contributed by atoms with E-state index in [9.17, 15) is 4.79 Å². The number of ketones is 1. The number of nitrogens with zero attached hydrogens (tertiary/aromatic N) is 1. The van der Waals surface area contributed by atoms with Crippen LogP contribution in [0.1, 0.15) is 41.5 Å². The number of nitrogens with one attached hydrogen (secondary N) is 2. The lowest BCUT2D eigenvalue weighted by atomic mass is 9.86. The van der Waals surface area contributed by atoms with Gasteiger partial charge < -0.3 is 0 Å². The Morgan fingerprint density at radius 2 is 1.75 bits per heavy atom. The van der Waals surface area contributed by atoms with Gasteiger partial charge in [0.05, 0.1) is 22.9 Å². The topological polar surface area (TPSA) is 53.5 Å². The molecular weight excluding hydrogens is 317 g/mol. The Balaban J connectivity index is 4.82. The maximum Gasteiger partial charge on any atom is 0.160 e. The molecule has 0 heterocycles. The van der Waals surface area contributed by atoms with Crippen molar-refractivity contribution in [3.8, 4) is 0 Å². The molecule has 94 valence electrons. The summed E-state index contributed by atoms with van der Waals surface area (Å²) in [4.78, 5) is 12.2. The van der Waals surface area contributed by atoms with E-state index in [1.54, 1.807) is 6.21 Å². The van der Waals surface area contributed by atoms with E-state index in [0.717, 1.165) is 0 Å². The van der Waals surface area contributed by atoms with Crippen molar-refractivity contribution in [2.75, 3.05) is 0 Å². The van der Waals surface area contributed by atoms with Crippen LogP contribution in [0.2, 0.25) is 0 Å². The van der Waals surface area contributed by atoms with Gasteiger partial charge in [0.15, 0.2) is 5.78 Å². The van der Waals surface area contributed by atoms with Crippen LogP contribution in [-0.2, 0) is 4.79 Å². The fourth-order valence-corrected chi connectivity index (χ4v) is 1.37. The molecule has 0 aliphatic rings. The third kappa shape index (κ3) is 6.42. The largest absolute Gasteiger partial charge is 0.298 e. The standard InChI is InChI=1S/C11H22IN3O/c1-10(2,3)9(16)8(7-13-15-12)14-11(4,5)6/h7-8,14-15H,1-6H3. The molecule has 0 bridgehead atoms. The maximum absolute atomic E-state index is 12.2. The van der Waals surface area contributed by atoms with Crippen molar-refractivity contribution in [2.24, 2.45) is 10.5 Å². The summed E-state index contributed by atoms with van der Waals surface area (Å²) in [6, 6.07) is -0.359. The smallest absolute Gasteiger partial charge is 0.160 e. The van der Waals surface area contributed by atoms with Gasteiger partial charge >= 0.3 is 0 Å². The molecule has 4 nitrogen and oxygen atoms in total. The normalized spacial score (nSPS) is 15.2. The van der Waals surface area contributed by atoms with Crippen molar-refractivity contribution >= 4 is 34.9 Å². The van der Waals surface area contributed by atoms with Gasteiger partial charge in [-0.1, -0.05) is 20.8 Å². The summed E-state index contributed by atoms with van der Waals surface area (Å²) in [5.41, 5.74) is -0.497. The molecule has 0 spiro atoms. The van der Waals surface area contributed by atoms with Gasteiger partial charge in [-0.05, 0) is 20.8 Å². The van der Waals surface area contributed by atoms with Gasteiger partial charge in [0.1, 0.15) is 6.04 Å². The number of Topliss-reactive ketones (excluding diaryl/α,β-unsaturated/α-hetero) is 1. The fraction of sp³-hybridized carbons (Fsp3) is 0.818. The molecule has 2 N–H and O–H groups in total. The van der Waals surface area contributed by atoms with Crippen LogP contribution in [-0.4, -0.2) is 23.6 Å². The van der Waals surface area contributed by atoms with E-state index in [1.807, 2.05) is 64.4 Å². The van der Waals surface area contributed by atoms with E-state index in [4.69, 9.17) is 0 Å². The first-order chi connectivity index (χ1) is 7.08. The highest BCUT2D eigenvalue weighted by molar-refractivity contribution is 14.1. The first-order valence-electron chi connectivity index (χ1n) is 5.29. The van der Waals surface area contributed by atoms with E-state index in [-0.39, 0.29) is 22.8 Å². The van der Waals surface area contributed by atoms with Crippen LogP contribution in [0.5, 0.6) is 0 Å². The van der Waals surface area contributed by atoms with E-state index in [0.29, 0.717) is 0 Å². The van der Waals surface area contributed by atoms with Gasteiger partial charge in [0.2, 0.25) is 0 Å². The molecule has 0 aromatic heterocycles. The first kappa shape index (κ1) is 15.8. The molecule has 0 aliphatic carbocycles. The average Bonchev–Trinajstić information content (AvgIpc) is 2.07. The monoisotopic (exact) mass is 339 g/mol. The van der Waals surface area contributed by atoms with Gasteiger partial charge in [-0.2, -0.15) is 5.10 Å². The molecule has 0 fully saturated rings. The quantitative estimate of drug-likeness (QED) is 0.358. The van der Waals surface area contributed by atoms with E-state index in [1.165, 1.54) is 0 Å². The molecular formula is C11H22IN3O. The lowest BCUT2D eigenvalue weighted by molar-refractivity contribution is -0.127. The minimum atomic E-state index is -0.375. The SMILES string of the molecule is CC(C)(C)NC(C=NNI)C(=O)C(C)(C)C. The zero-order valence-corrected chi connectivity index (χ0v) is 13.0. The Kier molecular flexibility index (Phi) is 5.89. The number of carbonyl (C=O) groups excluding carboxylic acids is 1. The van der Waals surface area contributed by atoms with Gasteiger partial charge in [0, 0.05) is 17.2 Å². The molecule has 0 rings (SSSR count). The van der Waals surface area contributed by atoms with Crippen LogP contribution in [0.4, 0.5) is 0 Å². The van der Waals surface area contributed by atoms with Crippen LogP contribution in [0.3, 0.4) is 0 Å². The fourth-order valence-electron chi connectivity index (χ4n) is 1.21. The Morgan fingerprint density at radius 3 is 2.06 bits per heavy atom. The van der Waals surface area contributed by atoms with Crippen LogP contribution in [0, 0.1) is 5.41 Å². The summed E-state index contributed by atoms with van der Waals surface area (Å²) in [5.74, 6) is 0.137. The van der Waals surface area contributed by atoms with Crippen molar-refractivity contribution in [3.63, 3.8) is 0 Å². The molecule has 0 amide bonds. The van der Waals surface area contributed by atoms with Crippen molar-refractivity contribution < 1.29 is 4.79 Å². The van der Waals surface area contributed by atoms with E-state index in [2.05, 4.69) is 14.1 Å². The molecule has 16 heavy (non-hydrogen) atoms. The second-order valence-electron chi connectivity index (χ2n) is 5.85. The minimum absolute atomic E-state index is 0.122. The number of halogens is 1. The first-order valence-corrected chi connectivity index (χ1v) is 6.36. The highest BCUT2D eigenvalue weighted by Gasteiger charge is 2.30. The Morgan fingerprint density at radius 1 is 1.25 bits per heavy atom. The predicted molar refractivity (Wildman–Crippen MR) is 76.8 cm³/mol. The van der Waals surface area contributed by atoms with Crippen LogP contribution in [0.15, 0.2) is 5.10 Å². The molecule has 0 saturated heterocycles. The molecule has 0 aromatic carbocycles. The lowest BCUT2D eigenvalue weighted by Gasteiger charge is -2.29. The zero-order chi connectivity index (χ0) is 13.0. The van der Waals surface area contributed by atoms with E-state index < -0.39 is 0 Å². The Bertz CT molecular complexity index is 263. The summed E-state index contributed by atoms with van der Waals surface area (Å²) in [7, 11) is 0. The van der Waals surface area contributed by atoms with Crippen LogP contribution < -0.4 is 8.96 Å². The Labute approximate surface area is 112 Å². The summed E-state index contributed by atoms with van der Waals surface area (Å²) in [6.45, 7) is 11.8. The number of hydrogen-bond acceptors (Lipinski definition) is 4. The highest BCUT2D eigenvalue weighted by Crippen LogP contribution is 2.17. The Hall–Kier alpha value is -0.170. The second-order valence-corrected chi connectivity index (χ2v) is 6.33. The van der Waals surface area contributed by atoms with Gasteiger partial charge in [-0.15, -0.1) is 0 Å². The molecule has 0 radical (unpaired) electrons.